The Morgan fingerprint density at radius 3 is 0.971 bits per heavy atom. The number of methoxy groups -OCH3 is 1. The maximum absolute atomic E-state index is 12.9. The first kappa shape index (κ1) is 36.9. The van der Waals surface area contributed by atoms with Crippen LogP contribution < -0.4 is 0 Å². The number of hydrogen-bond acceptors (Lipinski definition) is 3. The Labute approximate surface area is 176 Å². The Hall–Kier alpha value is -1.64. The van der Waals surface area contributed by atoms with Crippen molar-refractivity contribution < 1.29 is 94.0 Å². The van der Waals surface area contributed by atoms with Crippen LogP contribution in [0.1, 0.15) is 0 Å². The summed E-state index contributed by atoms with van der Waals surface area (Å²) in [5, 5.41) is 15.2. The summed E-state index contributed by atoms with van der Waals surface area (Å²) in [6, 6.07) is 0. The molecule has 34 heavy (non-hydrogen) atoms. The Morgan fingerprint density at radius 1 is 0.529 bits per heavy atom. The summed E-state index contributed by atoms with van der Waals surface area (Å²) in [6.07, 6.45) is -12.3. The van der Waals surface area contributed by atoms with E-state index in [0.29, 0.717) is 0 Å². The van der Waals surface area contributed by atoms with Crippen LogP contribution in [0.15, 0.2) is 11.9 Å². The van der Waals surface area contributed by atoms with Gasteiger partial charge in [0.25, 0.3) is 0 Å². The summed E-state index contributed by atoms with van der Waals surface area (Å²) in [5.74, 6) is -54.9. The smallest absolute Gasteiger partial charge is 0.394 e. The summed E-state index contributed by atoms with van der Waals surface area (Å²) in [5.41, 5.74) is 0. The number of aliphatic hydroxyl groups excluding tert-OH is 2. The highest BCUT2D eigenvalue weighted by Crippen LogP contribution is 2.63. The van der Waals surface area contributed by atoms with Crippen molar-refractivity contribution in [3.8, 4) is 0 Å². The van der Waals surface area contributed by atoms with Crippen LogP contribution in [0.5, 0.6) is 0 Å². The molecule has 0 saturated carbocycles. The molecule has 0 bridgehead atoms. The number of hydrogen-bond donors (Lipinski definition) is 2. The summed E-state index contributed by atoms with van der Waals surface area (Å²) < 4.78 is 228. The number of allylic oxidation sites excluding steroid dienone is 1. The predicted octanol–water partition coefficient (Wildman–Crippen LogP) is 5.67. The van der Waals surface area contributed by atoms with E-state index in [0.717, 1.165) is 0 Å². The second-order valence-corrected chi connectivity index (χ2v) is 5.37. The van der Waals surface area contributed by atoms with Crippen molar-refractivity contribution in [3.63, 3.8) is 0 Å². The van der Waals surface area contributed by atoms with Gasteiger partial charge in [-0.3, -0.25) is 0 Å². The highest BCUT2D eigenvalue weighted by atomic mass is 19.4. The van der Waals surface area contributed by atoms with Gasteiger partial charge in [-0.25, -0.2) is 0 Å². The molecule has 0 radical (unpaired) electrons. The van der Waals surface area contributed by atoms with Crippen molar-refractivity contribution in [1.29, 1.82) is 0 Å². The second-order valence-electron chi connectivity index (χ2n) is 5.37. The van der Waals surface area contributed by atoms with Gasteiger partial charge in [0.2, 0.25) is 5.83 Å². The fourth-order valence-corrected chi connectivity index (χ4v) is 1.22. The highest BCUT2D eigenvalue weighted by molar-refractivity contribution is 5.19. The van der Waals surface area contributed by atoms with E-state index in [4.69, 9.17) is 10.2 Å². The van der Waals surface area contributed by atoms with Gasteiger partial charge in [-0.15, -0.1) is 0 Å². The number of rotatable bonds is 7. The van der Waals surface area contributed by atoms with Crippen LogP contribution in [-0.2, 0) is 4.74 Å². The minimum absolute atomic E-state index is 0.125. The quantitative estimate of drug-likeness (QED) is 0.396. The van der Waals surface area contributed by atoms with Crippen molar-refractivity contribution in [3.05, 3.63) is 11.9 Å². The molecule has 208 valence electrons. The van der Waals surface area contributed by atoms with Crippen LogP contribution >= 0.6 is 0 Å². The molecule has 0 aliphatic heterocycles. The molecule has 0 spiro atoms. The molecule has 0 aromatic heterocycles. The van der Waals surface area contributed by atoms with E-state index in [1.165, 1.54) is 0 Å². The largest absolute Gasteiger partial charge is 0.460 e. The fraction of sp³-hybridized carbons (Fsp3) is 0.846. The van der Waals surface area contributed by atoms with Gasteiger partial charge in [0, 0.05) is 14.2 Å². The standard InChI is InChI=1S/C9F18.C2H6O2.C2H6O/c10-1(2(11)12)3(13,14)4(15,16)5(17,18)6(19,20)7(21,22)8(23,24)9(25,26)27;3-1-2-4;1-3-2/h;3-4H,1-2H2;1-2H3. The maximum atomic E-state index is 12.9. The molecule has 0 unspecified atom stereocenters. The molecule has 21 heteroatoms. The first-order valence-electron chi connectivity index (χ1n) is 7.35. The fourth-order valence-electron chi connectivity index (χ4n) is 1.22. The van der Waals surface area contributed by atoms with Crippen LogP contribution in [0.25, 0.3) is 0 Å². The van der Waals surface area contributed by atoms with Crippen LogP contribution in [-0.4, -0.2) is 79.4 Å². The molecule has 0 saturated heterocycles. The zero-order valence-electron chi connectivity index (χ0n) is 16.0. The number of aliphatic hydroxyl groups is 2. The third-order valence-corrected chi connectivity index (χ3v) is 2.87. The van der Waals surface area contributed by atoms with Crippen molar-refractivity contribution in [2.75, 3.05) is 27.4 Å². The van der Waals surface area contributed by atoms with Crippen LogP contribution in [0.3, 0.4) is 0 Å². The normalized spacial score (nSPS) is 13.9. The topological polar surface area (TPSA) is 49.7 Å². The summed E-state index contributed by atoms with van der Waals surface area (Å²) in [7, 11) is 3.25. The van der Waals surface area contributed by atoms with Gasteiger partial charge in [-0.2, -0.15) is 79.0 Å². The van der Waals surface area contributed by atoms with Crippen molar-refractivity contribution in [2.24, 2.45) is 0 Å². The molecule has 3 nitrogen and oxygen atoms in total. The van der Waals surface area contributed by atoms with E-state index in [1.807, 2.05) is 0 Å². The number of alkyl halides is 15. The average molecular weight is 558 g/mol. The monoisotopic (exact) mass is 558 g/mol. The lowest BCUT2D eigenvalue weighted by Crippen LogP contribution is -2.72. The molecule has 0 amide bonds. The third-order valence-electron chi connectivity index (χ3n) is 2.87. The van der Waals surface area contributed by atoms with Crippen molar-refractivity contribution in [1.82, 2.24) is 0 Å². The van der Waals surface area contributed by atoms with Crippen LogP contribution in [0.2, 0.25) is 0 Å². The Morgan fingerprint density at radius 2 is 0.765 bits per heavy atom. The van der Waals surface area contributed by atoms with Crippen LogP contribution in [0.4, 0.5) is 79.0 Å². The van der Waals surface area contributed by atoms with Gasteiger partial charge in [-0.1, -0.05) is 0 Å². The minimum Gasteiger partial charge on any atom is -0.394 e. The van der Waals surface area contributed by atoms with Gasteiger partial charge in [0.05, 0.1) is 13.2 Å². The maximum Gasteiger partial charge on any atom is 0.460 e. The second kappa shape index (κ2) is 11.9. The molecule has 0 aromatic carbocycles. The first-order valence-corrected chi connectivity index (χ1v) is 7.35. The average Bonchev–Trinajstić information content (AvgIpc) is 2.66. The molecule has 0 heterocycles. The van der Waals surface area contributed by atoms with E-state index in [2.05, 4.69) is 4.74 Å². The molecule has 0 rings (SSSR count). The van der Waals surface area contributed by atoms with E-state index < -0.39 is 53.6 Å². The van der Waals surface area contributed by atoms with Gasteiger partial charge < -0.3 is 14.9 Å². The first-order chi connectivity index (χ1) is 14.7. The molecule has 0 atom stereocenters. The third kappa shape index (κ3) is 6.52. The molecular formula is C13H12F18O3. The summed E-state index contributed by atoms with van der Waals surface area (Å²) in [6.45, 7) is -0.250. The molecule has 2 N–H and O–H groups in total. The van der Waals surface area contributed by atoms with Crippen molar-refractivity contribution >= 4 is 0 Å². The number of ether oxygens (including phenoxy) is 1. The van der Waals surface area contributed by atoms with Crippen LogP contribution in [0, 0.1) is 0 Å². The predicted molar refractivity (Wildman–Crippen MR) is 73.2 cm³/mol. The lowest BCUT2D eigenvalue weighted by atomic mass is 9.91. The van der Waals surface area contributed by atoms with Gasteiger partial charge in [-0.05, 0) is 0 Å². The lowest BCUT2D eigenvalue weighted by Gasteiger charge is -2.41. The van der Waals surface area contributed by atoms with E-state index >= 15 is 0 Å². The lowest BCUT2D eigenvalue weighted by molar-refractivity contribution is -0.451. The molecule has 0 fully saturated rings. The Balaban J connectivity index is -0.00000120. The Bertz CT molecular complexity index is 648. The van der Waals surface area contributed by atoms with E-state index in [1.54, 1.807) is 14.2 Å². The zero-order valence-corrected chi connectivity index (χ0v) is 16.0. The molecular weight excluding hydrogens is 546 g/mol. The van der Waals surface area contributed by atoms with Gasteiger partial charge >= 0.3 is 47.8 Å². The van der Waals surface area contributed by atoms with E-state index in [-0.39, 0.29) is 13.2 Å². The molecule has 0 aromatic rings. The summed E-state index contributed by atoms with van der Waals surface area (Å²) in [4.78, 5) is 0. The van der Waals surface area contributed by atoms with Gasteiger partial charge in [0.15, 0.2) is 0 Å². The van der Waals surface area contributed by atoms with E-state index in [9.17, 15) is 79.0 Å². The molecule has 0 aliphatic rings. The summed E-state index contributed by atoms with van der Waals surface area (Å²) >= 11 is 0. The molecule has 0 aliphatic carbocycles. The zero-order chi connectivity index (χ0) is 28.8. The van der Waals surface area contributed by atoms with Gasteiger partial charge in [0.1, 0.15) is 0 Å². The number of halogens is 18. The van der Waals surface area contributed by atoms with Crippen molar-refractivity contribution in [2.45, 2.75) is 41.7 Å². The highest BCUT2D eigenvalue weighted by Gasteiger charge is 2.93. The Kier molecular flexibility index (Phi) is 12.9. The minimum atomic E-state index is -8.65. The SMILES string of the molecule is COC.FC(F)=C(F)C(F)(F)C(F)(F)C(F)(F)C(F)(F)C(F)(F)C(F)(F)C(F)(F)F.OCCO.